The number of piperidine rings is 2. The maximum Gasteiger partial charge on any atom is 0.310 e. The molecule has 0 spiro atoms. The van der Waals surface area contributed by atoms with E-state index in [0.29, 0.717) is 6.04 Å². The summed E-state index contributed by atoms with van der Waals surface area (Å²) < 4.78 is 5.53. The highest BCUT2D eigenvalue weighted by Crippen LogP contribution is 2.24. The molecule has 2 rings (SSSR count). The summed E-state index contributed by atoms with van der Waals surface area (Å²) in [4.78, 5) is 14.8. The molecule has 4 nitrogen and oxygen atoms in total. The lowest BCUT2D eigenvalue weighted by molar-refractivity contribution is -0.161. The van der Waals surface area contributed by atoms with Gasteiger partial charge >= 0.3 is 5.97 Å². The SMILES string of the molecule is CC1CCN([C@H]2CNC[C@@H](C(=O)OC(C)(C)C)C2)CC1. The predicted molar refractivity (Wildman–Crippen MR) is 80.6 cm³/mol. The number of carbonyl (C=O) groups excluding carboxylic acids is 1. The van der Waals surface area contributed by atoms with Crippen LogP contribution in [0.25, 0.3) is 0 Å². The van der Waals surface area contributed by atoms with E-state index in [4.69, 9.17) is 4.74 Å². The van der Waals surface area contributed by atoms with E-state index in [-0.39, 0.29) is 17.5 Å². The first kappa shape index (κ1) is 15.8. The number of hydrogen-bond donors (Lipinski definition) is 1. The normalized spacial score (nSPS) is 30.2. The van der Waals surface area contributed by atoms with Gasteiger partial charge in [0.2, 0.25) is 0 Å². The van der Waals surface area contributed by atoms with E-state index in [0.717, 1.165) is 25.4 Å². The van der Waals surface area contributed by atoms with Crippen molar-refractivity contribution in [3.63, 3.8) is 0 Å². The lowest BCUT2D eigenvalue weighted by Crippen LogP contribution is -2.53. The fraction of sp³-hybridized carbons (Fsp3) is 0.938. The van der Waals surface area contributed by atoms with Crippen molar-refractivity contribution in [1.82, 2.24) is 10.2 Å². The average Bonchev–Trinajstić information content (AvgIpc) is 2.38. The molecule has 0 aromatic heterocycles. The fourth-order valence-electron chi connectivity index (χ4n) is 3.16. The molecule has 0 aromatic carbocycles. The third-order valence-corrected chi connectivity index (χ3v) is 4.40. The van der Waals surface area contributed by atoms with Gasteiger partial charge in [-0.25, -0.2) is 0 Å². The van der Waals surface area contributed by atoms with Gasteiger partial charge in [-0.2, -0.15) is 0 Å². The largest absolute Gasteiger partial charge is 0.460 e. The number of nitrogens with one attached hydrogen (secondary N) is 1. The molecule has 0 aliphatic carbocycles. The van der Waals surface area contributed by atoms with Crippen molar-refractivity contribution in [3.05, 3.63) is 0 Å². The third kappa shape index (κ3) is 4.45. The van der Waals surface area contributed by atoms with Crippen LogP contribution in [0.15, 0.2) is 0 Å². The average molecular weight is 282 g/mol. The summed E-state index contributed by atoms with van der Waals surface area (Å²) in [5.74, 6) is 0.817. The standard InChI is InChI=1S/C16H30N2O2/c1-12-5-7-18(8-6-12)14-9-13(10-17-11-14)15(19)20-16(2,3)4/h12-14,17H,5-11H2,1-4H3/t13-,14+/m0/s1. The molecule has 0 aromatic rings. The molecule has 0 unspecified atom stereocenters. The molecular formula is C16H30N2O2. The number of carbonyl (C=O) groups is 1. The monoisotopic (exact) mass is 282 g/mol. The highest BCUT2D eigenvalue weighted by molar-refractivity contribution is 5.73. The van der Waals surface area contributed by atoms with Crippen LogP contribution < -0.4 is 5.32 Å². The Hall–Kier alpha value is -0.610. The summed E-state index contributed by atoms with van der Waals surface area (Å²) in [6.07, 6.45) is 3.51. The predicted octanol–water partition coefficient (Wildman–Crippen LogP) is 2.04. The van der Waals surface area contributed by atoms with Gasteiger partial charge in [0.25, 0.3) is 0 Å². The van der Waals surface area contributed by atoms with Crippen molar-refractivity contribution in [2.75, 3.05) is 26.2 Å². The van der Waals surface area contributed by atoms with Crippen LogP contribution in [0, 0.1) is 11.8 Å². The van der Waals surface area contributed by atoms with E-state index in [1.165, 1.54) is 25.9 Å². The number of likely N-dealkylation sites (tertiary alicyclic amines) is 1. The molecule has 2 heterocycles. The van der Waals surface area contributed by atoms with E-state index in [1.54, 1.807) is 0 Å². The van der Waals surface area contributed by atoms with Crippen molar-refractivity contribution >= 4 is 5.97 Å². The molecule has 2 saturated heterocycles. The van der Waals surface area contributed by atoms with Crippen molar-refractivity contribution in [2.24, 2.45) is 11.8 Å². The Kier molecular flexibility index (Phi) is 5.08. The number of hydrogen-bond acceptors (Lipinski definition) is 4. The maximum absolute atomic E-state index is 12.2. The van der Waals surface area contributed by atoms with Crippen molar-refractivity contribution in [1.29, 1.82) is 0 Å². The van der Waals surface area contributed by atoms with E-state index in [1.807, 2.05) is 20.8 Å². The van der Waals surface area contributed by atoms with Crippen molar-refractivity contribution in [3.8, 4) is 0 Å². The Bertz CT molecular complexity index is 330. The minimum atomic E-state index is -0.384. The number of rotatable bonds is 2. The van der Waals surface area contributed by atoms with Crippen molar-refractivity contribution < 1.29 is 9.53 Å². The van der Waals surface area contributed by atoms with E-state index in [2.05, 4.69) is 17.1 Å². The van der Waals surface area contributed by atoms with Gasteiger partial charge in [-0.15, -0.1) is 0 Å². The first-order valence-corrected chi connectivity index (χ1v) is 8.03. The molecule has 2 atom stereocenters. The van der Waals surface area contributed by atoms with Gasteiger partial charge in [-0.05, 0) is 59.0 Å². The van der Waals surface area contributed by atoms with Crippen LogP contribution in [0.3, 0.4) is 0 Å². The molecule has 0 amide bonds. The fourth-order valence-corrected chi connectivity index (χ4v) is 3.16. The summed E-state index contributed by atoms with van der Waals surface area (Å²) in [6.45, 7) is 12.3. The van der Waals surface area contributed by atoms with Gasteiger partial charge in [-0.1, -0.05) is 6.92 Å². The highest BCUT2D eigenvalue weighted by atomic mass is 16.6. The summed E-state index contributed by atoms with van der Waals surface area (Å²) in [6, 6.07) is 0.494. The van der Waals surface area contributed by atoms with Crippen LogP contribution in [0.5, 0.6) is 0 Å². The molecular weight excluding hydrogens is 252 g/mol. The Morgan fingerprint density at radius 1 is 1.20 bits per heavy atom. The van der Waals surface area contributed by atoms with Gasteiger partial charge < -0.3 is 10.1 Å². The topological polar surface area (TPSA) is 41.6 Å². The molecule has 1 N–H and O–H groups in total. The second kappa shape index (κ2) is 6.44. The van der Waals surface area contributed by atoms with Crippen LogP contribution in [0.2, 0.25) is 0 Å². The van der Waals surface area contributed by atoms with Crippen LogP contribution >= 0.6 is 0 Å². The molecule has 2 aliphatic heterocycles. The lowest BCUT2D eigenvalue weighted by atomic mass is 9.91. The zero-order valence-electron chi connectivity index (χ0n) is 13.4. The Balaban J connectivity index is 1.86. The number of nitrogens with zero attached hydrogens (tertiary/aromatic N) is 1. The molecule has 0 bridgehead atoms. The molecule has 2 fully saturated rings. The first-order chi connectivity index (χ1) is 9.35. The smallest absolute Gasteiger partial charge is 0.310 e. The summed E-state index contributed by atoms with van der Waals surface area (Å²) in [5, 5.41) is 3.42. The minimum absolute atomic E-state index is 0.00678. The second-order valence-corrected chi connectivity index (χ2v) is 7.50. The summed E-state index contributed by atoms with van der Waals surface area (Å²) >= 11 is 0. The van der Waals surface area contributed by atoms with Gasteiger partial charge in [0.1, 0.15) is 5.60 Å². The molecule has 20 heavy (non-hydrogen) atoms. The summed E-state index contributed by atoms with van der Waals surface area (Å²) in [5.41, 5.74) is -0.384. The molecule has 0 saturated carbocycles. The Morgan fingerprint density at radius 2 is 1.85 bits per heavy atom. The van der Waals surface area contributed by atoms with Crippen LogP contribution in [0.1, 0.15) is 47.0 Å². The second-order valence-electron chi connectivity index (χ2n) is 7.50. The summed E-state index contributed by atoms with van der Waals surface area (Å²) in [7, 11) is 0. The van der Waals surface area contributed by atoms with E-state index >= 15 is 0 Å². The van der Waals surface area contributed by atoms with Crippen LogP contribution in [-0.4, -0.2) is 48.7 Å². The molecule has 116 valence electrons. The molecule has 0 radical (unpaired) electrons. The first-order valence-electron chi connectivity index (χ1n) is 8.03. The zero-order chi connectivity index (χ0) is 14.8. The van der Waals surface area contributed by atoms with Crippen molar-refractivity contribution in [2.45, 2.75) is 58.6 Å². The lowest BCUT2D eigenvalue weighted by Gasteiger charge is -2.40. The molecule has 2 aliphatic rings. The number of ether oxygens (including phenoxy) is 1. The third-order valence-electron chi connectivity index (χ3n) is 4.40. The van der Waals surface area contributed by atoms with Gasteiger partial charge in [0, 0.05) is 19.1 Å². The quantitative estimate of drug-likeness (QED) is 0.787. The molecule has 4 heteroatoms. The van der Waals surface area contributed by atoms with Crippen LogP contribution in [-0.2, 0) is 9.53 Å². The highest BCUT2D eigenvalue weighted by Gasteiger charge is 2.33. The number of esters is 1. The van der Waals surface area contributed by atoms with Crippen LogP contribution in [0.4, 0.5) is 0 Å². The minimum Gasteiger partial charge on any atom is -0.460 e. The van der Waals surface area contributed by atoms with E-state index in [9.17, 15) is 4.79 Å². The van der Waals surface area contributed by atoms with E-state index < -0.39 is 0 Å². The zero-order valence-corrected chi connectivity index (χ0v) is 13.4. The maximum atomic E-state index is 12.2. The van der Waals surface area contributed by atoms with Gasteiger partial charge in [0.15, 0.2) is 0 Å². The van der Waals surface area contributed by atoms with Gasteiger partial charge in [0.05, 0.1) is 5.92 Å². The Morgan fingerprint density at radius 3 is 2.45 bits per heavy atom. The Labute approximate surface area is 123 Å². The van der Waals surface area contributed by atoms with Gasteiger partial charge in [-0.3, -0.25) is 9.69 Å².